The molecule has 0 saturated heterocycles. The van der Waals surface area contributed by atoms with Crippen LogP contribution in [0.15, 0.2) is 48.5 Å². The fourth-order valence-corrected chi connectivity index (χ4v) is 3.07. The van der Waals surface area contributed by atoms with Crippen molar-refractivity contribution in [3.63, 3.8) is 0 Å². The summed E-state index contributed by atoms with van der Waals surface area (Å²) in [5.74, 6) is -0.465. The molecule has 0 atom stereocenters. The van der Waals surface area contributed by atoms with Crippen LogP contribution in [0.5, 0.6) is 0 Å². The summed E-state index contributed by atoms with van der Waals surface area (Å²) in [6, 6.07) is 13.9. The zero-order chi connectivity index (χ0) is 21.9. The van der Waals surface area contributed by atoms with Crippen LogP contribution in [0.25, 0.3) is 0 Å². The molecule has 0 spiro atoms. The highest BCUT2D eigenvalue weighted by atomic mass is 16.2. The molecule has 0 fully saturated rings. The number of anilines is 2. The van der Waals surface area contributed by atoms with Gasteiger partial charge in [0.1, 0.15) is 0 Å². The predicted octanol–water partition coefficient (Wildman–Crippen LogP) is 3.36. The third-order valence-electron chi connectivity index (χ3n) is 4.47. The third-order valence-corrected chi connectivity index (χ3v) is 4.47. The lowest BCUT2D eigenvalue weighted by atomic mass is 10.1. The Hall–Kier alpha value is -3.35. The van der Waals surface area contributed by atoms with Gasteiger partial charge in [0.15, 0.2) is 0 Å². The Morgan fingerprint density at radius 2 is 1.47 bits per heavy atom. The number of carbonyl (C=O) groups is 3. The Morgan fingerprint density at radius 3 is 2.10 bits per heavy atom. The van der Waals surface area contributed by atoms with Gasteiger partial charge in [-0.25, -0.2) is 0 Å². The van der Waals surface area contributed by atoms with Gasteiger partial charge in [-0.1, -0.05) is 26.0 Å². The first kappa shape index (κ1) is 22.9. The summed E-state index contributed by atoms with van der Waals surface area (Å²) in [5.41, 5.74) is 2.31. The topological polar surface area (TPSA) is 90.5 Å². The van der Waals surface area contributed by atoms with E-state index in [4.69, 9.17) is 0 Å². The zero-order valence-electron chi connectivity index (χ0n) is 17.8. The molecule has 2 rings (SSSR count). The van der Waals surface area contributed by atoms with Crippen LogP contribution in [0, 0.1) is 0 Å². The molecule has 0 aromatic heterocycles. The highest BCUT2D eigenvalue weighted by Crippen LogP contribution is 2.14. The summed E-state index contributed by atoms with van der Waals surface area (Å²) in [6.45, 7) is 5.55. The van der Waals surface area contributed by atoms with Gasteiger partial charge in [0, 0.05) is 42.6 Å². The third kappa shape index (κ3) is 6.62. The van der Waals surface area contributed by atoms with Crippen LogP contribution < -0.4 is 16.0 Å². The van der Waals surface area contributed by atoms with E-state index in [1.54, 1.807) is 55.6 Å². The molecule has 0 bridgehead atoms. The predicted molar refractivity (Wildman–Crippen MR) is 120 cm³/mol. The Bertz CT molecular complexity index is 876. The van der Waals surface area contributed by atoms with Crippen LogP contribution in [-0.4, -0.2) is 49.3 Å². The van der Waals surface area contributed by atoms with Gasteiger partial charge in [-0.15, -0.1) is 0 Å². The molecule has 2 aromatic rings. The maximum atomic E-state index is 12.8. The molecular weight excluding hydrogens is 380 g/mol. The van der Waals surface area contributed by atoms with Crippen molar-refractivity contribution in [2.75, 3.05) is 37.3 Å². The molecule has 0 unspecified atom stereocenters. The summed E-state index contributed by atoms with van der Waals surface area (Å²) in [5, 5.41) is 8.38. The van der Waals surface area contributed by atoms with E-state index in [1.165, 1.54) is 0 Å². The molecule has 0 saturated carbocycles. The second kappa shape index (κ2) is 11.6. The second-order valence-electron chi connectivity index (χ2n) is 6.93. The molecule has 3 N–H and O–H groups in total. The van der Waals surface area contributed by atoms with Crippen molar-refractivity contribution < 1.29 is 14.4 Å². The number of benzene rings is 2. The molecule has 7 heteroatoms. The van der Waals surface area contributed by atoms with E-state index in [9.17, 15) is 14.4 Å². The number of nitrogens with one attached hydrogen (secondary N) is 3. The Labute approximate surface area is 177 Å². The zero-order valence-corrected chi connectivity index (χ0v) is 17.8. The minimum Gasteiger partial charge on any atom is -0.376 e. The number of carbonyl (C=O) groups excluding carboxylic acids is 3. The molecule has 7 nitrogen and oxygen atoms in total. The van der Waals surface area contributed by atoms with E-state index in [0.717, 1.165) is 12.8 Å². The maximum absolute atomic E-state index is 12.8. The lowest BCUT2D eigenvalue weighted by molar-refractivity contribution is -0.114. The lowest BCUT2D eigenvalue weighted by Crippen LogP contribution is -2.32. The van der Waals surface area contributed by atoms with Gasteiger partial charge in [0.2, 0.25) is 5.91 Å². The minimum atomic E-state index is -0.246. The largest absolute Gasteiger partial charge is 0.376 e. The molecule has 3 amide bonds. The monoisotopic (exact) mass is 410 g/mol. The average Bonchev–Trinajstić information content (AvgIpc) is 2.77. The van der Waals surface area contributed by atoms with Crippen LogP contribution in [0.1, 0.15) is 47.4 Å². The Kier molecular flexibility index (Phi) is 8.87. The normalized spacial score (nSPS) is 10.2. The average molecular weight is 411 g/mol. The van der Waals surface area contributed by atoms with E-state index in [1.807, 2.05) is 18.7 Å². The summed E-state index contributed by atoms with van der Waals surface area (Å²) in [6.07, 6.45) is 1.80. The highest BCUT2D eigenvalue weighted by Gasteiger charge is 2.15. The van der Waals surface area contributed by atoms with Gasteiger partial charge in [-0.2, -0.15) is 0 Å². The minimum absolute atomic E-state index is 0.0288. The first-order valence-electron chi connectivity index (χ1n) is 10.2. The van der Waals surface area contributed by atoms with Crippen molar-refractivity contribution in [3.8, 4) is 0 Å². The van der Waals surface area contributed by atoms with Crippen molar-refractivity contribution in [1.82, 2.24) is 10.2 Å². The van der Waals surface area contributed by atoms with Crippen LogP contribution in [0.3, 0.4) is 0 Å². The molecule has 160 valence electrons. The molecule has 2 aromatic carbocycles. The van der Waals surface area contributed by atoms with Gasteiger partial charge in [0.05, 0.1) is 6.54 Å². The second-order valence-corrected chi connectivity index (χ2v) is 6.93. The van der Waals surface area contributed by atoms with Gasteiger partial charge >= 0.3 is 0 Å². The van der Waals surface area contributed by atoms with Gasteiger partial charge < -0.3 is 20.9 Å². The van der Waals surface area contributed by atoms with Crippen LogP contribution >= 0.6 is 0 Å². The molecule has 0 aliphatic rings. The number of amides is 3. The van der Waals surface area contributed by atoms with Crippen LogP contribution in [0.4, 0.5) is 11.4 Å². The van der Waals surface area contributed by atoms with E-state index < -0.39 is 0 Å². The quantitative estimate of drug-likeness (QED) is 0.560. The van der Waals surface area contributed by atoms with Crippen molar-refractivity contribution >= 4 is 29.1 Å². The smallest absolute Gasteiger partial charge is 0.253 e. The van der Waals surface area contributed by atoms with E-state index in [2.05, 4.69) is 16.0 Å². The molecular formula is C23H30N4O3. The van der Waals surface area contributed by atoms with E-state index in [0.29, 0.717) is 35.6 Å². The fourth-order valence-electron chi connectivity index (χ4n) is 3.07. The summed E-state index contributed by atoms with van der Waals surface area (Å²) >= 11 is 0. The van der Waals surface area contributed by atoms with Crippen molar-refractivity contribution in [1.29, 1.82) is 0 Å². The summed E-state index contributed by atoms with van der Waals surface area (Å²) in [4.78, 5) is 38.6. The van der Waals surface area contributed by atoms with E-state index >= 15 is 0 Å². The SMILES string of the molecule is CCCN(CCC)C(=O)c1cccc(NC(=O)CNc2cccc(C(=O)NC)c2)c1. The molecule has 0 heterocycles. The molecule has 0 radical (unpaired) electrons. The summed E-state index contributed by atoms with van der Waals surface area (Å²) in [7, 11) is 1.57. The Balaban J connectivity index is 1.98. The van der Waals surface area contributed by atoms with Crippen LogP contribution in [-0.2, 0) is 4.79 Å². The Morgan fingerprint density at radius 1 is 0.867 bits per heavy atom. The number of hydrogen-bond acceptors (Lipinski definition) is 4. The van der Waals surface area contributed by atoms with Gasteiger partial charge in [-0.05, 0) is 49.2 Å². The molecule has 0 aliphatic heterocycles. The molecule has 0 aliphatic carbocycles. The summed E-state index contributed by atoms with van der Waals surface area (Å²) < 4.78 is 0. The lowest BCUT2D eigenvalue weighted by Gasteiger charge is -2.21. The van der Waals surface area contributed by atoms with Crippen LogP contribution in [0.2, 0.25) is 0 Å². The first-order valence-corrected chi connectivity index (χ1v) is 10.2. The molecule has 30 heavy (non-hydrogen) atoms. The first-order chi connectivity index (χ1) is 14.5. The van der Waals surface area contributed by atoms with Crippen molar-refractivity contribution in [3.05, 3.63) is 59.7 Å². The maximum Gasteiger partial charge on any atom is 0.253 e. The number of rotatable bonds is 10. The van der Waals surface area contributed by atoms with E-state index in [-0.39, 0.29) is 24.3 Å². The van der Waals surface area contributed by atoms with Crippen molar-refractivity contribution in [2.45, 2.75) is 26.7 Å². The standard InChI is InChI=1S/C23H30N4O3/c1-4-12-27(13-5-2)23(30)18-9-7-11-20(15-18)26-21(28)16-25-19-10-6-8-17(14-19)22(29)24-3/h6-11,14-15,25H,4-5,12-13,16H2,1-3H3,(H,24,29)(H,26,28). The number of hydrogen-bond donors (Lipinski definition) is 3. The van der Waals surface area contributed by atoms with Gasteiger partial charge in [0.25, 0.3) is 11.8 Å². The fraction of sp³-hybridized carbons (Fsp3) is 0.348. The number of nitrogens with zero attached hydrogens (tertiary/aromatic N) is 1. The van der Waals surface area contributed by atoms with Gasteiger partial charge in [-0.3, -0.25) is 14.4 Å². The van der Waals surface area contributed by atoms with Crippen molar-refractivity contribution in [2.24, 2.45) is 0 Å². The highest BCUT2D eigenvalue weighted by molar-refractivity contribution is 5.98.